The molecule has 0 saturated carbocycles. The van der Waals surface area contributed by atoms with Crippen LogP contribution in [0.3, 0.4) is 0 Å². The fourth-order valence-electron chi connectivity index (χ4n) is 3.56. The van der Waals surface area contributed by atoms with Gasteiger partial charge in [0.2, 0.25) is 0 Å². The molecule has 1 unspecified atom stereocenters. The van der Waals surface area contributed by atoms with Crippen LogP contribution in [0.15, 0.2) is 18.2 Å². The van der Waals surface area contributed by atoms with Gasteiger partial charge in [0.15, 0.2) is 0 Å². The van der Waals surface area contributed by atoms with Crippen molar-refractivity contribution in [3.63, 3.8) is 0 Å². The highest BCUT2D eigenvalue weighted by atomic mass is 15.0. The van der Waals surface area contributed by atoms with E-state index in [9.17, 15) is 0 Å². The number of aromatic nitrogens is 1. The lowest BCUT2D eigenvalue weighted by Gasteiger charge is -2.22. The first-order valence-corrected chi connectivity index (χ1v) is 7.44. The first-order valence-electron chi connectivity index (χ1n) is 7.44. The van der Waals surface area contributed by atoms with Gasteiger partial charge in [0, 0.05) is 23.6 Å². The summed E-state index contributed by atoms with van der Waals surface area (Å²) in [5, 5.41) is 1.44. The largest absolute Gasteiger partial charge is 0.347 e. The maximum atomic E-state index is 6.01. The molecule has 19 heavy (non-hydrogen) atoms. The summed E-state index contributed by atoms with van der Waals surface area (Å²) in [6, 6.07) is 6.96. The molecule has 2 N–H and O–H groups in total. The lowest BCUT2D eigenvalue weighted by molar-refractivity contribution is 0.549. The van der Waals surface area contributed by atoms with Gasteiger partial charge in [0.25, 0.3) is 0 Å². The predicted octanol–water partition coefficient (Wildman–Crippen LogP) is 3.68. The Kier molecular flexibility index (Phi) is 3.14. The van der Waals surface area contributed by atoms with Crippen LogP contribution >= 0.6 is 0 Å². The number of rotatable bonds is 2. The molecule has 0 saturated heterocycles. The van der Waals surface area contributed by atoms with Crippen LogP contribution in [0.5, 0.6) is 0 Å². The summed E-state index contributed by atoms with van der Waals surface area (Å²) < 4.78 is 2.39. The van der Waals surface area contributed by atoms with Gasteiger partial charge >= 0.3 is 0 Å². The van der Waals surface area contributed by atoms with E-state index in [2.05, 4.69) is 43.7 Å². The van der Waals surface area contributed by atoms with Gasteiger partial charge in [-0.3, -0.25) is 0 Å². The molecule has 2 heteroatoms. The average Bonchev–Trinajstić information content (AvgIpc) is 2.72. The molecule has 1 aromatic heterocycles. The summed E-state index contributed by atoms with van der Waals surface area (Å²) in [6.45, 7) is 5.30. The van der Waals surface area contributed by atoms with E-state index in [1.807, 2.05) is 0 Å². The van der Waals surface area contributed by atoms with Crippen molar-refractivity contribution >= 4 is 10.9 Å². The predicted molar refractivity (Wildman–Crippen MR) is 81.7 cm³/mol. The third-order valence-corrected chi connectivity index (χ3v) is 4.71. The molecule has 2 aromatic rings. The fourth-order valence-corrected chi connectivity index (χ4v) is 3.56. The van der Waals surface area contributed by atoms with Crippen LogP contribution in [0, 0.1) is 0 Å². The van der Waals surface area contributed by atoms with Crippen molar-refractivity contribution in [2.24, 2.45) is 12.8 Å². The zero-order valence-corrected chi connectivity index (χ0v) is 12.2. The summed E-state index contributed by atoms with van der Waals surface area (Å²) in [7, 11) is 2.20. The highest BCUT2D eigenvalue weighted by molar-refractivity contribution is 5.87. The van der Waals surface area contributed by atoms with E-state index in [4.69, 9.17) is 5.73 Å². The van der Waals surface area contributed by atoms with E-state index in [1.54, 1.807) is 0 Å². The van der Waals surface area contributed by atoms with Crippen LogP contribution in [-0.2, 0) is 13.5 Å². The van der Waals surface area contributed by atoms with Crippen LogP contribution in [0.25, 0.3) is 10.9 Å². The number of hydrogen-bond acceptors (Lipinski definition) is 1. The Bertz CT molecular complexity index is 607. The van der Waals surface area contributed by atoms with E-state index >= 15 is 0 Å². The molecule has 0 bridgehead atoms. The Morgan fingerprint density at radius 2 is 2.16 bits per heavy atom. The smallest absolute Gasteiger partial charge is 0.0483 e. The molecule has 0 amide bonds. The van der Waals surface area contributed by atoms with Crippen molar-refractivity contribution in [2.45, 2.75) is 44.9 Å². The molecule has 3 rings (SSSR count). The summed E-state index contributed by atoms with van der Waals surface area (Å²) in [5.41, 5.74) is 11.9. The van der Waals surface area contributed by atoms with Gasteiger partial charge in [-0.15, -0.1) is 0 Å². The molecule has 0 radical (unpaired) electrons. The quantitative estimate of drug-likeness (QED) is 0.873. The normalized spacial score (nSPS) is 19.1. The Morgan fingerprint density at radius 3 is 2.84 bits per heavy atom. The molecule has 2 nitrogen and oxygen atoms in total. The molecule has 1 aliphatic rings. The highest BCUT2D eigenvalue weighted by Crippen LogP contribution is 2.39. The van der Waals surface area contributed by atoms with E-state index in [0.29, 0.717) is 11.8 Å². The summed E-state index contributed by atoms with van der Waals surface area (Å²) >= 11 is 0. The zero-order valence-electron chi connectivity index (χ0n) is 12.2. The Balaban J connectivity index is 2.28. The zero-order chi connectivity index (χ0) is 13.6. The van der Waals surface area contributed by atoms with Crippen LogP contribution in [0.1, 0.15) is 55.3 Å². The summed E-state index contributed by atoms with van der Waals surface area (Å²) in [6.07, 6.45) is 3.72. The van der Waals surface area contributed by atoms with Gasteiger partial charge in [-0.05, 0) is 60.9 Å². The third-order valence-electron chi connectivity index (χ3n) is 4.71. The maximum absolute atomic E-state index is 6.01. The second-order valence-electron chi connectivity index (χ2n) is 6.18. The minimum atomic E-state index is 0.551. The molecule has 0 spiro atoms. The second kappa shape index (κ2) is 4.68. The number of benzene rings is 1. The molecular formula is C17H24N2. The number of hydrogen-bond donors (Lipinski definition) is 1. The van der Waals surface area contributed by atoms with Crippen molar-refractivity contribution < 1.29 is 0 Å². The number of aryl methyl sites for hydroxylation is 1. The molecule has 0 aliphatic heterocycles. The average molecular weight is 256 g/mol. The van der Waals surface area contributed by atoms with Gasteiger partial charge in [-0.2, -0.15) is 0 Å². The van der Waals surface area contributed by atoms with Crippen molar-refractivity contribution in [3.05, 3.63) is 35.0 Å². The summed E-state index contributed by atoms with van der Waals surface area (Å²) in [5.74, 6) is 1.13. The van der Waals surface area contributed by atoms with Gasteiger partial charge in [-0.25, -0.2) is 0 Å². The van der Waals surface area contributed by atoms with Crippen molar-refractivity contribution in [1.82, 2.24) is 4.57 Å². The van der Waals surface area contributed by atoms with Crippen molar-refractivity contribution in [2.75, 3.05) is 6.54 Å². The Hall–Kier alpha value is -1.28. The van der Waals surface area contributed by atoms with Crippen LogP contribution < -0.4 is 5.73 Å². The molecule has 0 fully saturated rings. The summed E-state index contributed by atoms with van der Waals surface area (Å²) in [4.78, 5) is 0. The molecule has 102 valence electrons. The first kappa shape index (κ1) is 12.7. The number of nitrogens with zero attached hydrogens (tertiary/aromatic N) is 1. The SMILES string of the molecule is CC(C)c1ccc2c(c1)c1c(n2C)CCCC1CN. The molecule has 1 atom stereocenters. The van der Waals surface area contributed by atoms with Crippen LogP contribution in [-0.4, -0.2) is 11.1 Å². The number of fused-ring (bicyclic) bond motifs is 3. The van der Waals surface area contributed by atoms with Gasteiger partial charge in [-0.1, -0.05) is 19.9 Å². The Labute approximate surface area is 115 Å². The second-order valence-corrected chi connectivity index (χ2v) is 6.18. The minimum absolute atomic E-state index is 0.551. The fraction of sp³-hybridized carbons (Fsp3) is 0.529. The third kappa shape index (κ3) is 1.90. The minimum Gasteiger partial charge on any atom is -0.347 e. The lowest BCUT2D eigenvalue weighted by atomic mass is 9.84. The highest BCUT2D eigenvalue weighted by Gasteiger charge is 2.25. The van der Waals surface area contributed by atoms with E-state index in [-0.39, 0.29) is 0 Å². The Morgan fingerprint density at radius 1 is 1.37 bits per heavy atom. The first-order chi connectivity index (χ1) is 9.13. The van der Waals surface area contributed by atoms with Crippen LogP contribution in [0.2, 0.25) is 0 Å². The molecule has 1 heterocycles. The van der Waals surface area contributed by atoms with Crippen LogP contribution in [0.4, 0.5) is 0 Å². The van der Waals surface area contributed by atoms with Crippen molar-refractivity contribution in [3.8, 4) is 0 Å². The lowest BCUT2D eigenvalue weighted by Crippen LogP contribution is -2.18. The molecular weight excluding hydrogens is 232 g/mol. The topological polar surface area (TPSA) is 30.9 Å². The van der Waals surface area contributed by atoms with Gasteiger partial charge < -0.3 is 10.3 Å². The molecule has 1 aromatic carbocycles. The monoisotopic (exact) mass is 256 g/mol. The van der Waals surface area contributed by atoms with Gasteiger partial charge in [0.1, 0.15) is 0 Å². The van der Waals surface area contributed by atoms with Crippen molar-refractivity contribution in [1.29, 1.82) is 0 Å². The number of nitrogens with two attached hydrogens (primary N) is 1. The van der Waals surface area contributed by atoms with E-state index in [1.165, 1.54) is 47.0 Å². The maximum Gasteiger partial charge on any atom is 0.0483 e. The van der Waals surface area contributed by atoms with E-state index in [0.717, 1.165) is 6.54 Å². The van der Waals surface area contributed by atoms with Gasteiger partial charge in [0.05, 0.1) is 0 Å². The standard InChI is InChI=1S/C17H24N2/c1-11(2)12-7-8-15-14(9-12)17-13(10-18)5-4-6-16(17)19(15)3/h7-9,11,13H,4-6,10,18H2,1-3H3. The molecule has 1 aliphatic carbocycles. The van der Waals surface area contributed by atoms with E-state index < -0.39 is 0 Å².